The number of ether oxygens (including phenoxy) is 1. The van der Waals surface area contributed by atoms with E-state index in [4.69, 9.17) is 7.60 Å². The van der Waals surface area contributed by atoms with E-state index in [0.29, 0.717) is 5.75 Å². The molecule has 0 spiro atoms. The average molecular weight is 240 g/mol. The maximum absolute atomic E-state index is 7.24. The standard InChI is InChI=1S/C14H20O3/c1-8-6-9-12(11(16)10(8)15)17-14(4,5)7-13(9,2)3/h6,15-16H,7H2,1-5H3/i/hT2. The first-order chi connectivity index (χ1) is 8.72. The Bertz CT molecular complexity index is 510. The van der Waals surface area contributed by atoms with E-state index in [1.807, 2.05) is 26.8 Å². The van der Waals surface area contributed by atoms with Crippen molar-refractivity contribution >= 4 is 0 Å². The van der Waals surface area contributed by atoms with Crippen LogP contribution in [0.25, 0.3) is 0 Å². The summed E-state index contributed by atoms with van der Waals surface area (Å²) >= 11 is 0. The Morgan fingerprint density at radius 1 is 1.24 bits per heavy atom. The molecule has 2 N–H and O–H groups in total. The van der Waals surface area contributed by atoms with Crippen molar-refractivity contribution in [3.8, 4) is 17.2 Å². The maximum Gasteiger partial charge on any atom is 0.293 e. The minimum Gasteiger partial charge on any atom is -0.504 e. The lowest BCUT2D eigenvalue weighted by Crippen LogP contribution is -2.41. The Kier molecular flexibility index (Phi) is 1.88. The molecule has 3 nitrogen and oxygen atoms in total. The summed E-state index contributed by atoms with van der Waals surface area (Å²) in [6.07, 6.45) is 0.866. The van der Waals surface area contributed by atoms with Gasteiger partial charge in [-0.3, -0.25) is 0 Å². The zero-order chi connectivity index (χ0) is 14.4. The maximum atomic E-state index is 7.24. The van der Waals surface area contributed by atoms with Gasteiger partial charge in [0.15, 0.2) is 11.5 Å². The third-order valence-corrected chi connectivity index (χ3v) is 3.35. The van der Waals surface area contributed by atoms with Crippen molar-refractivity contribution in [1.29, 1.82) is 2.86 Å². The van der Waals surface area contributed by atoms with Crippen LogP contribution in [0.15, 0.2) is 6.07 Å². The largest absolute Gasteiger partial charge is 0.504 e. The Labute approximate surface area is 105 Å². The quantitative estimate of drug-likeness (QED) is 0.780. The van der Waals surface area contributed by atoms with Crippen molar-refractivity contribution in [3.05, 3.63) is 17.2 Å². The van der Waals surface area contributed by atoms with E-state index in [1.54, 1.807) is 0 Å². The normalized spacial score (nSPS) is 21.7. The molecular weight excluding hydrogens is 216 g/mol. The lowest BCUT2D eigenvalue weighted by atomic mass is 9.73. The molecule has 0 saturated carbocycles. The number of rotatable bonds is 2. The van der Waals surface area contributed by atoms with Gasteiger partial charge in [-0.25, -0.2) is 0 Å². The summed E-state index contributed by atoms with van der Waals surface area (Å²) < 4.78 is 20.3. The first kappa shape index (κ1) is 9.63. The van der Waals surface area contributed by atoms with E-state index in [2.05, 4.69) is 24.1 Å². The van der Waals surface area contributed by atoms with Crippen LogP contribution in [-0.4, -0.2) is 18.7 Å². The highest BCUT2D eigenvalue weighted by molar-refractivity contribution is 5.60. The number of hydrogen-bond acceptors (Lipinski definition) is 3. The molecule has 0 saturated heterocycles. The van der Waals surface area contributed by atoms with Gasteiger partial charge in [-0.2, -0.15) is 0 Å². The minimum atomic E-state index is -0.349. The summed E-state index contributed by atoms with van der Waals surface area (Å²) in [6, 6.07) is 1.96. The highest BCUT2D eigenvalue weighted by Crippen LogP contribution is 2.52. The Hall–Kier alpha value is -1.38. The van der Waals surface area contributed by atoms with Gasteiger partial charge in [0.05, 0.1) is 0 Å². The molecule has 2 rings (SSSR count). The second-order valence-electron chi connectivity index (χ2n) is 6.15. The smallest absolute Gasteiger partial charge is 0.293 e. The van der Waals surface area contributed by atoms with Crippen LogP contribution in [-0.2, 0) is 5.41 Å². The van der Waals surface area contributed by atoms with Crippen LogP contribution in [0, 0.1) is 6.92 Å². The molecule has 1 heterocycles. The Morgan fingerprint density at radius 3 is 2.47 bits per heavy atom. The summed E-state index contributed by atoms with van der Waals surface area (Å²) in [4.78, 5) is 0. The molecule has 0 aromatic heterocycles. The number of aromatic hydroxyl groups is 2. The molecule has 1 aromatic carbocycles. The Morgan fingerprint density at radius 2 is 1.88 bits per heavy atom. The predicted molar refractivity (Wildman–Crippen MR) is 66.9 cm³/mol. The number of phenolic OH excluding ortho intramolecular Hbond substituents is 2. The van der Waals surface area contributed by atoms with Gasteiger partial charge >= 0.3 is 0 Å². The van der Waals surface area contributed by atoms with E-state index in [0.717, 1.165) is 17.5 Å². The van der Waals surface area contributed by atoms with E-state index < -0.39 is 0 Å². The fourth-order valence-electron chi connectivity index (χ4n) is 2.83. The van der Waals surface area contributed by atoms with Crippen molar-refractivity contribution in [1.82, 2.24) is 0 Å². The van der Waals surface area contributed by atoms with Crippen LogP contribution in [0.5, 0.6) is 17.2 Å². The van der Waals surface area contributed by atoms with E-state index >= 15 is 0 Å². The average Bonchev–Trinajstić information content (AvgIpc) is 2.26. The van der Waals surface area contributed by atoms with Crippen LogP contribution >= 0.6 is 0 Å². The fourth-order valence-corrected chi connectivity index (χ4v) is 2.83. The number of aryl methyl sites for hydroxylation is 1. The highest BCUT2D eigenvalue weighted by Gasteiger charge is 2.41. The van der Waals surface area contributed by atoms with Gasteiger partial charge in [-0.15, -0.1) is 0 Å². The molecule has 0 unspecified atom stereocenters. The van der Waals surface area contributed by atoms with Crippen LogP contribution < -0.4 is 4.74 Å². The first-order valence-electron chi connectivity index (χ1n) is 6.67. The van der Waals surface area contributed by atoms with E-state index in [1.165, 1.54) is 0 Å². The van der Waals surface area contributed by atoms with Gasteiger partial charge in [0.2, 0.25) is 5.75 Å². The van der Waals surface area contributed by atoms with Gasteiger partial charge < -0.3 is 15.0 Å². The third kappa shape index (κ3) is 1.84. The molecule has 0 aliphatic carbocycles. The summed E-state index contributed by atoms with van der Waals surface area (Å²) in [5, 5.41) is 9.28. The van der Waals surface area contributed by atoms with Crippen LogP contribution in [0.1, 0.15) is 45.2 Å². The minimum absolute atomic E-state index is 0.0876. The van der Waals surface area contributed by atoms with Gasteiger partial charge in [0, 0.05) is 5.56 Å². The zero-order valence-corrected chi connectivity index (χ0v) is 11.0. The second-order valence-corrected chi connectivity index (χ2v) is 6.15. The van der Waals surface area contributed by atoms with Gasteiger partial charge in [0.25, 0.3) is 2.86 Å². The lowest BCUT2D eigenvalue weighted by molar-refractivity contribution is 0.0494. The molecule has 3 heteroatoms. The predicted octanol–water partition coefficient (Wildman–Crippen LogP) is 3.24. The number of fused-ring (bicyclic) bond motifs is 1. The van der Waals surface area contributed by atoms with E-state index in [-0.39, 0.29) is 22.5 Å². The van der Waals surface area contributed by atoms with Gasteiger partial charge in [-0.1, -0.05) is 13.8 Å². The van der Waals surface area contributed by atoms with Crippen LogP contribution in [0.3, 0.4) is 0 Å². The van der Waals surface area contributed by atoms with Crippen LogP contribution in [0.4, 0.5) is 0 Å². The van der Waals surface area contributed by atoms with Crippen molar-refractivity contribution in [2.45, 2.75) is 52.1 Å². The van der Waals surface area contributed by atoms with Crippen molar-refractivity contribution in [3.63, 3.8) is 0 Å². The number of hydrogen-bond donors (Lipinski definition) is 2. The molecule has 0 amide bonds. The number of benzene rings is 1. The highest BCUT2D eigenvalue weighted by atomic mass is 16.5. The van der Waals surface area contributed by atoms with Gasteiger partial charge in [-0.05, 0) is 44.2 Å². The molecule has 1 aliphatic rings. The molecule has 0 fully saturated rings. The molecule has 0 radical (unpaired) electrons. The summed E-state index contributed by atoms with van der Waals surface area (Å²) in [5.74, 6) is 0.942. The summed E-state index contributed by atoms with van der Waals surface area (Å²) in [5.41, 5.74) is 1.33. The molecule has 1 aromatic rings. The molecule has 17 heavy (non-hydrogen) atoms. The molecule has 1 aliphatic heterocycles. The monoisotopic (exact) mass is 240 g/mol. The van der Waals surface area contributed by atoms with E-state index in [9.17, 15) is 0 Å². The summed E-state index contributed by atoms with van der Waals surface area (Å²) in [7, 11) is 0. The first-order valence-corrected chi connectivity index (χ1v) is 5.85. The molecule has 0 bridgehead atoms. The second kappa shape index (κ2) is 3.31. The van der Waals surface area contributed by atoms with Crippen LogP contribution in [0.2, 0.25) is 0 Å². The molecule has 94 valence electrons. The number of phenols is 2. The molecule has 0 atom stereocenters. The zero-order valence-electron chi connectivity index (χ0n) is 13.0. The van der Waals surface area contributed by atoms with Gasteiger partial charge in [0.1, 0.15) is 5.60 Å². The van der Waals surface area contributed by atoms with Crippen molar-refractivity contribution in [2.75, 3.05) is 0 Å². The molecular formula is C14H20O3. The topological polar surface area (TPSA) is 49.7 Å². The Balaban J connectivity index is 2.73. The fraction of sp³-hybridized carbons (Fsp3) is 0.571. The third-order valence-electron chi connectivity index (χ3n) is 3.35. The lowest BCUT2D eigenvalue weighted by Gasteiger charge is -2.42. The van der Waals surface area contributed by atoms with Crippen molar-refractivity contribution < 1.29 is 15.0 Å². The van der Waals surface area contributed by atoms with Crippen molar-refractivity contribution in [2.24, 2.45) is 0 Å². The SMILES string of the molecule is [3H]Oc1c(C)cc2c(c1O[3H])OC(C)(C)CC2(C)C. The summed E-state index contributed by atoms with van der Waals surface area (Å²) in [6.45, 7) is 10.1.